The molecule has 2 heterocycles. The molecule has 0 saturated heterocycles. The van der Waals surface area contributed by atoms with E-state index in [0.717, 1.165) is 47.0 Å². The lowest BCUT2D eigenvalue weighted by molar-refractivity contribution is -0.121. The molecule has 0 bridgehead atoms. The topological polar surface area (TPSA) is 71.0 Å². The molecule has 1 aliphatic rings. The second-order valence-corrected chi connectivity index (χ2v) is 8.21. The lowest BCUT2D eigenvalue weighted by Gasteiger charge is -2.31. The summed E-state index contributed by atoms with van der Waals surface area (Å²) in [4.78, 5) is 20.1. The summed E-state index contributed by atoms with van der Waals surface area (Å²) in [6.45, 7) is 0. The van der Waals surface area contributed by atoms with Crippen LogP contribution >= 0.6 is 11.3 Å². The molecule has 0 aliphatic heterocycles. The number of nitrogens with one attached hydrogen (secondary N) is 1. The lowest BCUT2D eigenvalue weighted by Crippen LogP contribution is -2.35. The Hall–Kier alpha value is -2.38. The van der Waals surface area contributed by atoms with Crippen LogP contribution in [-0.2, 0) is 4.79 Å². The quantitative estimate of drug-likeness (QED) is 0.744. The highest BCUT2D eigenvalue weighted by Crippen LogP contribution is 2.29. The summed E-state index contributed by atoms with van der Waals surface area (Å²) in [7, 11) is 4.21. The third-order valence-electron chi connectivity index (χ3n) is 5.35. The Bertz CT molecular complexity index is 933. The number of aromatic nitrogens is 3. The minimum Gasteiger partial charge on any atom is -0.309 e. The molecule has 0 atom stereocenters. The number of carbonyl (C=O) groups excluding carboxylic acids is 1. The largest absolute Gasteiger partial charge is 0.309 e. The van der Waals surface area contributed by atoms with Crippen molar-refractivity contribution in [2.45, 2.75) is 31.7 Å². The van der Waals surface area contributed by atoms with Crippen LogP contribution in [0, 0.1) is 5.92 Å². The van der Waals surface area contributed by atoms with Crippen LogP contribution in [-0.4, -0.2) is 46.1 Å². The van der Waals surface area contributed by atoms with Crippen LogP contribution < -0.4 is 5.32 Å². The van der Waals surface area contributed by atoms with Crippen molar-refractivity contribution in [3.05, 3.63) is 36.0 Å². The van der Waals surface area contributed by atoms with E-state index in [1.807, 2.05) is 29.9 Å². The van der Waals surface area contributed by atoms with Crippen LogP contribution in [0.3, 0.4) is 0 Å². The number of hydrogen-bond donors (Lipinski definition) is 1. The van der Waals surface area contributed by atoms with Crippen molar-refractivity contribution in [1.82, 2.24) is 20.1 Å². The zero-order valence-electron chi connectivity index (χ0n) is 15.6. The second kappa shape index (κ2) is 7.70. The number of hydrogen-bond acceptors (Lipinski definition) is 6. The first-order valence-corrected chi connectivity index (χ1v) is 10.1. The van der Waals surface area contributed by atoms with Gasteiger partial charge in [-0.1, -0.05) is 6.07 Å². The van der Waals surface area contributed by atoms with E-state index in [9.17, 15) is 4.79 Å². The molecular weight excluding hydrogens is 358 g/mol. The number of rotatable bonds is 4. The van der Waals surface area contributed by atoms with Crippen molar-refractivity contribution in [2.24, 2.45) is 5.92 Å². The van der Waals surface area contributed by atoms with Crippen LogP contribution in [0.1, 0.15) is 25.7 Å². The summed E-state index contributed by atoms with van der Waals surface area (Å²) in [5, 5.41) is 12.4. The Morgan fingerprint density at radius 3 is 2.67 bits per heavy atom. The summed E-state index contributed by atoms with van der Waals surface area (Å²) in [5.41, 5.74) is 3.73. The molecule has 7 heteroatoms. The van der Waals surface area contributed by atoms with Crippen LogP contribution in [0.25, 0.3) is 21.3 Å². The highest BCUT2D eigenvalue weighted by atomic mass is 32.1. The van der Waals surface area contributed by atoms with Crippen molar-refractivity contribution in [3.8, 4) is 10.4 Å². The van der Waals surface area contributed by atoms with Crippen molar-refractivity contribution in [1.29, 1.82) is 0 Å². The van der Waals surface area contributed by atoms with Gasteiger partial charge in [0, 0.05) is 23.5 Å². The van der Waals surface area contributed by atoms with E-state index < -0.39 is 0 Å². The van der Waals surface area contributed by atoms with Crippen molar-refractivity contribution < 1.29 is 4.79 Å². The normalized spacial score (nSPS) is 20.1. The van der Waals surface area contributed by atoms with Gasteiger partial charge in [-0.15, -0.1) is 21.5 Å². The van der Waals surface area contributed by atoms with Crippen molar-refractivity contribution >= 4 is 34.0 Å². The fourth-order valence-corrected chi connectivity index (χ4v) is 4.32. The number of amides is 1. The average Bonchev–Trinajstić information content (AvgIpc) is 3.22. The van der Waals surface area contributed by atoms with Crippen LogP contribution in [0.15, 0.2) is 36.0 Å². The van der Waals surface area contributed by atoms with E-state index >= 15 is 0 Å². The molecule has 1 aromatic carbocycles. The molecule has 1 amide bonds. The van der Waals surface area contributed by atoms with Gasteiger partial charge in [0.2, 0.25) is 5.91 Å². The van der Waals surface area contributed by atoms with Gasteiger partial charge in [-0.25, -0.2) is 0 Å². The predicted octanol–water partition coefficient (Wildman–Crippen LogP) is 3.81. The van der Waals surface area contributed by atoms with Crippen molar-refractivity contribution in [3.63, 3.8) is 0 Å². The van der Waals surface area contributed by atoms with Crippen LogP contribution in [0.5, 0.6) is 0 Å². The van der Waals surface area contributed by atoms with E-state index in [2.05, 4.69) is 45.6 Å². The molecule has 6 nitrogen and oxygen atoms in total. The van der Waals surface area contributed by atoms with Crippen LogP contribution in [0.4, 0.5) is 5.82 Å². The van der Waals surface area contributed by atoms with E-state index in [4.69, 9.17) is 0 Å². The molecule has 0 radical (unpaired) electrons. The van der Waals surface area contributed by atoms with Gasteiger partial charge in [0.05, 0.1) is 15.9 Å². The lowest BCUT2D eigenvalue weighted by atomic mass is 9.85. The van der Waals surface area contributed by atoms with Gasteiger partial charge in [0.15, 0.2) is 5.82 Å². The number of benzene rings is 1. The fraction of sp³-hybridized carbons (Fsp3) is 0.400. The fourth-order valence-electron chi connectivity index (χ4n) is 3.70. The summed E-state index contributed by atoms with van der Waals surface area (Å²) < 4.78 is 0. The maximum absolute atomic E-state index is 12.6. The number of carbonyl (C=O) groups is 1. The smallest absolute Gasteiger partial charge is 0.228 e. The maximum atomic E-state index is 12.6. The van der Waals surface area contributed by atoms with Gasteiger partial charge in [0.1, 0.15) is 0 Å². The highest BCUT2D eigenvalue weighted by Gasteiger charge is 2.27. The molecule has 1 fully saturated rings. The van der Waals surface area contributed by atoms with Crippen molar-refractivity contribution in [2.75, 3.05) is 19.4 Å². The van der Waals surface area contributed by atoms with Gasteiger partial charge in [-0.05, 0) is 63.5 Å². The minimum atomic E-state index is 0.0551. The number of thiazole rings is 1. The summed E-state index contributed by atoms with van der Waals surface area (Å²) in [6.07, 6.45) is 5.82. The first-order valence-electron chi connectivity index (χ1n) is 9.24. The molecular formula is C20H23N5OS. The Kier molecular flexibility index (Phi) is 5.13. The SMILES string of the molecule is CN(C)[C@H]1CC[C@H](C(=O)Nc2cc3cc(-c4cncs4)ccc3nn2)CC1. The number of fused-ring (bicyclic) bond motifs is 1. The molecule has 140 valence electrons. The molecule has 0 spiro atoms. The number of anilines is 1. The molecule has 1 aliphatic carbocycles. The molecule has 1 N–H and O–H groups in total. The molecule has 4 rings (SSSR count). The summed E-state index contributed by atoms with van der Waals surface area (Å²) >= 11 is 1.60. The van der Waals surface area contributed by atoms with Gasteiger partial charge in [-0.2, -0.15) is 0 Å². The standard InChI is InChI=1S/C20H23N5OS/c1-25(2)16-6-3-13(4-7-16)20(26)22-19-10-15-9-14(18-11-21-12-27-18)5-8-17(15)23-24-19/h5,8-13,16H,3-4,6-7H2,1-2H3,(H,22,24,26)/t13-,16-. The Morgan fingerprint density at radius 2 is 1.96 bits per heavy atom. The first-order chi connectivity index (χ1) is 13.1. The van der Waals surface area contributed by atoms with Gasteiger partial charge >= 0.3 is 0 Å². The van der Waals surface area contributed by atoms with Crippen LogP contribution in [0.2, 0.25) is 0 Å². The Balaban J connectivity index is 1.48. The molecule has 3 aromatic rings. The summed E-state index contributed by atoms with van der Waals surface area (Å²) in [6, 6.07) is 8.52. The van der Waals surface area contributed by atoms with Gasteiger partial charge < -0.3 is 10.2 Å². The Labute approximate surface area is 162 Å². The van der Waals surface area contributed by atoms with Gasteiger partial charge in [0.25, 0.3) is 0 Å². The third-order valence-corrected chi connectivity index (χ3v) is 6.17. The molecule has 1 saturated carbocycles. The second-order valence-electron chi connectivity index (χ2n) is 7.33. The minimum absolute atomic E-state index is 0.0551. The van der Waals surface area contributed by atoms with E-state index in [-0.39, 0.29) is 11.8 Å². The summed E-state index contributed by atoms with van der Waals surface area (Å²) in [5.74, 6) is 0.630. The van der Waals surface area contributed by atoms with E-state index in [1.54, 1.807) is 11.3 Å². The molecule has 0 unspecified atom stereocenters. The van der Waals surface area contributed by atoms with Gasteiger partial charge in [-0.3, -0.25) is 9.78 Å². The third kappa shape index (κ3) is 3.99. The van der Waals surface area contributed by atoms with E-state index in [1.165, 1.54) is 0 Å². The predicted molar refractivity (Wildman–Crippen MR) is 109 cm³/mol. The average molecular weight is 382 g/mol. The maximum Gasteiger partial charge on any atom is 0.228 e. The Morgan fingerprint density at radius 1 is 1.15 bits per heavy atom. The zero-order valence-corrected chi connectivity index (χ0v) is 16.4. The number of nitrogens with zero attached hydrogens (tertiary/aromatic N) is 4. The van der Waals surface area contributed by atoms with E-state index in [0.29, 0.717) is 11.9 Å². The molecule has 2 aromatic heterocycles. The monoisotopic (exact) mass is 381 g/mol. The zero-order chi connectivity index (χ0) is 18.8. The molecule has 27 heavy (non-hydrogen) atoms. The first kappa shape index (κ1) is 18.0. The highest BCUT2D eigenvalue weighted by molar-refractivity contribution is 7.13.